The summed E-state index contributed by atoms with van der Waals surface area (Å²) in [7, 11) is 0. The molecule has 2 heterocycles. The van der Waals surface area contributed by atoms with E-state index in [1.807, 2.05) is 0 Å². The number of likely N-dealkylation sites (N-methyl/N-ethyl adjacent to an activating group) is 1. The highest BCUT2D eigenvalue weighted by atomic mass is 32.1. The number of thiazole rings is 1. The van der Waals surface area contributed by atoms with E-state index < -0.39 is 0 Å². The molecular formula is C15H26N4S. The van der Waals surface area contributed by atoms with Gasteiger partial charge in [0.2, 0.25) is 0 Å². The summed E-state index contributed by atoms with van der Waals surface area (Å²) in [5.74, 6) is 0. The Hall–Kier alpha value is -0.910. The maximum Gasteiger partial charge on any atom is 0.194 e. The van der Waals surface area contributed by atoms with Crippen LogP contribution in [-0.4, -0.2) is 40.0 Å². The van der Waals surface area contributed by atoms with E-state index in [1.165, 1.54) is 11.4 Å². The summed E-state index contributed by atoms with van der Waals surface area (Å²) in [6, 6.07) is 0.485. The van der Waals surface area contributed by atoms with Crippen molar-refractivity contribution < 1.29 is 0 Å². The lowest BCUT2D eigenvalue weighted by Gasteiger charge is -2.23. The van der Waals surface area contributed by atoms with Crippen LogP contribution >= 0.6 is 11.3 Å². The Bertz CT molecular complexity index is 553. The van der Waals surface area contributed by atoms with Gasteiger partial charge in [-0.15, -0.1) is 11.3 Å². The van der Waals surface area contributed by atoms with Crippen LogP contribution in [0.15, 0.2) is 5.38 Å². The van der Waals surface area contributed by atoms with E-state index in [9.17, 15) is 0 Å². The molecule has 1 unspecified atom stereocenters. The van der Waals surface area contributed by atoms with Gasteiger partial charge >= 0.3 is 0 Å². The molecule has 1 atom stereocenters. The van der Waals surface area contributed by atoms with Crippen molar-refractivity contribution in [3.05, 3.63) is 22.5 Å². The summed E-state index contributed by atoms with van der Waals surface area (Å²) < 4.78 is 2.27. The molecule has 0 aliphatic rings. The first kappa shape index (κ1) is 15.5. The Morgan fingerprint density at radius 2 is 2.05 bits per heavy atom. The first-order chi connectivity index (χ1) is 9.56. The average Bonchev–Trinajstić information content (AvgIpc) is 2.93. The predicted octanol–water partition coefficient (Wildman–Crippen LogP) is 2.83. The molecule has 0 aromatic carbocycles. The van der Waals surface area contributed by atoms with Crippen LogP contribution in [0.5, 0.6) is 0 Å². The molecule has 5 heteroatoms. The Morgan fingerprint density at radius 3 is 2.70 bits per heavy atom. The van der Waals surface area contributed by atoms with Crippen LogP contribution in [0.1, 0.15) is 37.9 Å². The van der Waals surface area contributed by atoms with Crippen LogP contribution in [0.4, 0.5) is 0 Å². The fraction of sp³-hybridized carbons (Fsp3) is 0.667. The maximum atomic E-state index is 4.64. The molecule has 0 aliphatic carbocycles. The molecule has 2 rings (SSSR count). The third kappa shape index (κ3) is 3.22. The lowest BCUT2D eigenvalue weighted by atomic mass is 10.2. The molecule has 1 N–H and O–H groups in total. The van der Waals surface area contributed by atoms with Crippen molar-refractivity contribution in [3.8, 4) is 0 Å². The van der Waals surface area contributed by atoms with Gasteiger partial charge < -0.3 is 10.2 Å². The molecule has 0 aliphatic heterocycles. The SMILES string of the molecule is CCN(CC)CC(C)NCc1c(C)nc2scc(C)n12. The van der Waals surface area contributed by atoms with Crippen LogP contribution < -0.4 is 5.32 Å². The van der Waals surface area contributed by atoms with Crippen molar-refractivity contribution in [1.82, 2.24) is 19.6 Å². The monoisotopic (exact) mass is 294 g/mol. The lowest BCUT2D eigenvalue weighted by Crippen LogP contribution is -2.39. The standard InChI is InChI=1S/C15H26N4S/c1-6-18(7-2)9-11(3)16-8-14-13(5)17-15-19(14)12(4)10-20-15/h10-11,16H,6-9H2,1-5H3. The van der Waals surface area contributed by atoms with Crippen LogP contribution in [0, 0.1) is 13.8 Å². The maximum absolute atomic E-state index is 4.64. The van der Waals surface area contributed by atoms with E-state index in [0.29, 0.717) is 6.04 Å². The molecule has 0 saturated heterocycles. The summed E-state index contributed by atoms with van der Waals surface area (Å²) >= 11 is 1.72. The summed E-state index contributed by atoms with van der Waals surface area (Å²) in [5.41, 5.74) is 3.71. The third-order valence-corrected chi connectivity index (χ3v) is 4.82. The molecule has 2 aromatic rings. The molecular weight excluding hydrogens is 268 g/mol. The topological polar surface area (TPSA) is 32.6 Å². The van der Waals surface area contributed by atoms with Crippen LogP contribution in [-0.2, 0) is 6.54 Å². The van der Waals surface area contributed by atoms with Crippen molar-refractivity contribution in [2.45, 2.75) is 47.2 Å². The van der Waals surface area contributed by atoms with E-state index in [0.717, 1.165) is 36.8 Å². The predicted molar refractivity (Wildman–Crippen MR) is 86.6 cm³/mol. The van der Waals surface area contributed by atoms with Crippen molar-refractivity contribution in [2.75, 3.05) is 19.6 Å². The van der Waals surface area contributed by atoms with Gasteiger partial charge in [0.05, 0.1) is 11.4 Å². The summed E-state index contributed by atoms with van der Waals surface area (Å²) in [6.45, 7) is 15.1. The number of hydrogen-bond acceptors (Lipinski definition) is 4. The second-order valence-electron chi connectivity index (χ2n) is 5.41. The Balaban J connectivity index is 2.02. The molecule has 20 heavy (non-hydrogen) atoms. The normalized spacial score (nSPS) is 13.5. The molecule has 112 valence electrons. The van der Waals surface area contributed by atoms with Crippen molar-refractivity contribution in [2.24, 2.45) is 0 Å². The molecule has 2 aromatic heterocycles. The molecule has 0 radical (unpaired) electrons. The first-order valence-corrected chi connectivity index (χ1v) is 8.32. The number of nitrogens with one attached hydrogen (secondary N) is 1. The average molecular weight is 294 g/mol. The number of aromatic nitrogens is 2. The quantitative estimate of drug-likeness (QED) is 0.852. The Kier molecular flexibility index (Phi) is 5.18. The Morgan fingerprint density at radius 1 is 1.35 bits per heavy atom. The zero-order valence-electron chi connectivity index (χ0n) is 13.2. The minimum atomic E-state index is 0.485. The van der Waals surface area contributed by atoms with Gasteiger partial charge in [0.1, 0.15) is 0 Å². The van der Waals surface area contributed by atoms with E-state index >= 15 is 0 Å². The van der Waals surface area contributed by atoms with E-state index in [1.54, 1.807) is 11.3 Å². The number of rotatable bonds is 7. The number of imidazole rings is 1. The highest BCUT2D eigenvalue weighted by Crippen LogP contribution is 2.20. The van der Waals surface area contributed by atoms with E-state index in [4.69, 9.17) is 0 Å². The molecule has 0 amide bonds. The summed E-state index contributed by atoms with van der Waals surface area (Å²) in [4.78, 5) is 8.19. The van der Waals surface area contributed by atoms with Crippen LogP contribution in [0.2, 0.25) is 0 Å². The fourth-order valence-corrected chi connectivity index (χ4v) is 3.51. The molecule has 0 saturated carbocycles. The molecule has 0 spiro atoms. The second kappa shape index (κ2) is 6.70. The van der Waals surface area contributed by atoms with Crippen LogP contribution in [0.3, 0.4) is 0 Å². The third-order valence-electron chi connectivity index (χ3n) is 3.87. The summed E-state index contributed by atoms with van der Waals surface area (Å²) in [6.07, 6.45) is 0. The zero-order chi connectivity index (χ0) is 14.7. The van der Waals surface area contributed by atoms with E-state index in [-0.39, 0.29) is 0 Å². The highest BCUT2D eigenvalue weighted by molar-refractivity contribution is 7.15. The smallest absolute Gasteiger partial charge is 0.194 e. The number of nitrogens with zero attached hydrogens (tertiary/aromatic N) is 3. The number of hydrogen-bond donors (Lipinski definition) is 1. The van der Waals surface area contributed by atoms with Crippen molar-refractivity contribution in [1.29, 1.82) is 0 Å². The minimum Gasteiger partial charge on any atom is -0.307 e. The van der Waals surface area contributed by atoms with Crippen LogP contribution in [0.25, 0.3) is 4.96 Å². The minimum absolute atomic E-state index is 0.485. The van der Waals surface area contributed by atoms with E-state index in [2.05, 4.69) is 59.6 Å². The van der Waals surface area contributed by atoms with Gasteiger partial charge in [0.15, 0.2) is 4.96 Å². The largest absolute Gasteiger partial charge is 0.307 e. The Labute approximate surface area is 125 Å². The number of aryl methyl sites for hydroxylation is 2. The van der Waals surface area contributed by atoms with Gasteiger partial charge in [-0.3, -0.25) is 4.40 Å². The molecule has 0 bridgehead atoms. The zero-order valence-corrected chi connectivity index (χ0v) is 14.0. The van der Waals surface area contributed by atoms with Gasteiger partial charge in [0.25, 0.3) is 0 Å². The van der Waals surface area contributed by atoms with Crippen molar-refractivity contribution >= 4 is 16.3 Å². The molecule has 0 fully saturated rings. The van der Waals surface area contributed by atoms with Gasteiger partial charge in [-0.05, 0) is 33.9 Å². The molecule has 4 nitrogen and oxygen atoms in total. The summed E-state index contributed by atoms with van der Waals surface area (Å²) in [5, 5.41) is 5.81. The van der Waals surface area contributed by atoms with Gasteiger partial charge in [-0.2, -0.15) is 0 Å². The van der Waals surface area contributed by atoms with Gasteiger partial charge in [-0.25, -0.2) is 4.98 Å². The van der Waals surface area contributed by atoms with Crippen molar-refractivity contribution in [3.63, 3.8) is 0 Å². The lowest BCUT2D eigenvalue weighted by molar-refractivity contribution is 0.270. The fourth-order valence-electron chi connectivity index (χ4n) is 2.58. The highest BCUT2D eigenvalue weighted by Gasteiger charge is 2.13. The first-order valence-electron chi connectivity index (χ1n) is 7.44. The van der Waals surface area contributed by atoms with Gasteiger partial charge in [0, 0.05) is 30.2 Å². The second-order valence-corrected chi connectivity index (χ2v) is 6.24. The van der Waals surface area contributed by atoms with Gasteiger partial charge in [-0.1, -0.05) is 13.8 Å². The number of fused-ring (bicyclic) bond motifs is 1.